The van der Waals surface area contributed by atoms with E-state index in [1.165, 1.54) is 0 Å². The van der Waals surface area contributed by atoms with Crippen LogP contribution in [0.2, 0.25) is 0 Å². The summed E-state index contributed by atoms with van der Waals surface area (Å²) >= 11 is 0. The van der Waals surface area contributed by atoms with Gasteiger partial charge in [0.2, 0.25) is 0 Å². The van der Waals surface area contributed by atoms with Gasteiger partial charge in [-0.15, -0.1) is 0 Å². The fourth-order valence-corrected chi connectivity index (χ4v) is 2.97. The first-order valence-electron chi connectivity index (χ1n) is 7.94. The number of cyclic esters (lactones) is 1. The topological polar surface area (TPSA) is 46.6 Å². The predicted octanol–water partition coefficient (Wildman–Crippen LogP) is 3.39. The van der Waals surface area contributed by atoms with Crippen LogP contribution in [0.1, 0.15) is 11.1 Å². The fourth-order valence-electron chi connectivity index (χ4n) is 2.97. The van der Waals surface area contributed by atoms with E-state index in [1.54, 1.807) is 24.1 Å². The van der Waals surface area contributed by atoms with Crippen molar-refractivity contribution < 1.29 is 14.3 Å². The Hall–Kier alpha value is -3.40. The standard InChI is InChI=1S/C21H15NO3/c1-22-18(14-8-4-2-5-9-14)12-16(20(22)23)17-13-19(25-21(17)24)15-10-6-3-7-11-15/h2-13H,1H3/b17-16+. The van der Waals surface area contributed by atoms with E-state index in [4.69, 9.17) is 4.74 Å². The molecule has 2 aromatic carbocycles. The Balaban J connectivity index is 1.79. The lowest BCUT2D eigenvalue weighted by molar-refractivity contribution is -0.131. The van der Waals surface area contributed by atoms with Gasteiger partial charge in [-0.25, -0.2) is 4.79 Å². The average molecular weight is 329 g/mol. The molecule has 1 amide bonds. The summed E-state index contributed by atoms with van der Waals surface area (Å²) in [5, 5.41) is 0. The third-order valence-corrected chi connectivity index (χ3v) is 4.29. The molecule has 25 heavy (non-hydrogen) atoms. The Labute approximate surface area is 145 Å². The van der Waals surface area contributed by atoms with Crippen LogP contribution in [0.5, 0.6) is 0 Å². The number of carbonyl (C=O) groups excluding carboxylic acids is 2. The van der Waals surface area contributed by atoms with E-state index in [0.717, 1.165) is 16.8 Å². The minimum absolute atomic E-state index is 0.212. The Morgan fingerprint density at radius 3 is 2.00 bits per heavy atom. The predicted molar refractivity (Wildman–Crippen MR) is 94.7 cm³/mol. The van der Waals surface area contributed by atoms with Crippen LogP contribution in [0.25, 0.3) is 11.5 Å². The van der Waals surface area contributed by atoms with Crippen molar-refractivity contribution in [1.82, 2.24) is 4.90 Å². The summed E-state index contributed by atoms with van der Waals surface area (Å²) in [5.74, 6) is -0.248. The van der Waals surface area contributed by atoms with Crippen LogP contribution < -0.4 is 0 Å². The number of benzene rings is 2. The number of amides is 1. The molecule has 4 rings (SSSR count). The number of likely N-dealkylation sites (N-methyl/N-ethyl adjacent to an activating group) is 1. The van der Waals surface area contributed by atoms with Gasteiger partial charge in [-0.05, 0) is 17.7 Å². The molecule has 0 aliphatic carbocycles. The third-order valence-electron chi connectivity index (χ3n) is 4.29. The molecule has 0 unspecified atom stereocenters. The molecule has 0 N–H and O–H groups in total. The zero-order valence-corrected chi connectivity index (χ0v) is 13.6. The molecule has 0 bridgehead atoms. The molecule has 0 saturated carbocycles. The highest BCUT2D eigenvalue weighted by Gasteiger charge is 2.33. The number of rotatable bonds is 2. The molecule has 0 radical (unpaired) electrons. The zero-order chi connectivity index (χ0) is 17.4. The van der Waals surface area contributed by atoms with Crippen molar-refractivity contribution in [3.8, 4) is 0 Å². The quantitative estimate of drug-likeness (QED) is 0.627. The molecule has 2 aromatic rings. The summed E-state index contributed by atoms with van der Waals surface area (Å²) in [4.78, 5) is 26.5. The Bertz CT molecular complexity index is 953. The summed E-state index contributed by atoms with van der Waals surface area (Å²) < 4.78 is 5.36. The van der Waals surface area contributed by atoms with Crippen molar-refractivity contribution in [2.24, 2.45) is 0 Å². The minimum Gasteiger partial charge on any atom is -0.422 e. The smallest absolute Gasteiger partial charge is 0.344 e. The van der Waals surface area contributed by atoms with Crippen LogP contribution in [-0.4, -0.2) is 23.8 Å². The van der Waals surface area contributed by atoms with Crippen LogP contribution in [0.3, 0.4) is 0 Å². The number of nitrogens with zero attached hydrogens (tertiary/aromatic N) is 1. The first-order valence-corrected chi connectivity index (χ1v) is 7.94. The molecule has 0 atom stereocenters. The lowest BCUT2D eigenvalue weighted by Crippen LogP contribution is -2.21. The highest BCUT2D eigenvalue weighted by Crippen LogP contribution is 2.34. The molecule has 2 aliphatic rings. The van der Waals surface area contributed by atoms with Crippen LogP contribution >= 0.6 is 0 Å². The van der Waals surface area contributed by atoms with E-state index in [-0.39, 0.29) is 5.91 Å². The van der Waals surface area contributed by atoms with Crippen LogP contribution in [-0.2, 0) is 14.3 Å². The summed E-state index contributed by atoms with van der Waals surface area (Å²) in [6.07, 6.45) is 3.39. The van der Waals surface area contributed by atoms with E-state index in [1.807, 2.05) is 60.7 Å². The molecule has 2 aliphatic heterocycles. The van der Waals surface area contributed by atoms with Crippen molar-refractivity contribution in [3.05, 3.63) is 95.1 Å². The van der Waals surface area contributed by atoms with Crippen molar-refractivity contribution in [3.63, 3.8) is 0 Å². The Morgan fingerprint density at radius 2 is 1.36 bits per heavy atom. The van der Waals surface area contributed by atoms with Gasteiger partial charge in [0.15, 0.2) is 0 Å². The molecule has 0 saturated heterocycles. The molecule has 2 heterocycles. The van der Waals surface area contributed by atoms with Gasteiger partial charge in [0, 0.05) is 12.6 Å². The lowest BCUT2D eigenvalue weighted by Gasteiger charge is -2.14. The monoisotopic (exact) mass is 329 g/mol. The third kappa shape index (κ3) is 2.58. The normalized spacial score (nSPS) is 19.8. The second-order valence-electron chi connectivity index (χ2n) is 5.85. The number of esters is 1. The van der Waals surface area contributed by atoms with E-state index in [2.05, 4.69) is 0 Å². The highest BCUT2D eigenvalue weighted by atomic mass is 16.5. The van der Waals surface area contributed by atoms with Crippen molar-refractivity contribution in [1.29, 1.82) is 0 Å². The van der Waals surface area contributed by atoms with Gasteiger partial charge < -0.3 is 9.64 Å². The molecule has 0 aromatic heterocycles. The first kappa shape index (κ1) is 15.1. The highest BCUT2D eigenvalue weighted by molar-refractivity contribution is 6.15. The molecular formula is C21H15NO3. The summed E-state index contributed by atoms with van der Waals surface area (Å²) in [7, 11) is 1.71. The van der Waals surface area contributed by atoms with E-state index in [9.17, 15) is 9.59 Å². The summed E-state index contributed by atoms with van der Waals surface area (Å²) in [6.45, 7) is 0. The van der Waals surface area contributed by atoms with Crippen LogP contribution in [0, 0.1) is 0 Å². The molecule has 0 spiro atoms. The van der Waals surface area contributed by atoms with Gasteiger partial charge in [-0.2, -0.15) is 0 Å². The molecule has 0 fully saturated rings. The van der Waals surface area contributed by atoms with Crippen LogP contribution in [0.4, 0.5) is 0 Å². The maximum atomic E-state index is 12.6. The number of carbonyl (C=O) groups is 2. The minimum atomic E-state index is -0.499. The number of hydrogen-bond acceptors (Lipinski definition) is 3. The lowest BCUT2D eigenvalue weighted by atomic mass is 10.1. The van der Waals surface area contributed by atoms with Crippen molar-refractivity contribution >= 4 is 23.3 Å². The Kier molecular flexibility index (Phi) is 3.58. The molecular weight excluding hydrogens is 314 g/mol. The maximum Gasteiger partial charge on any atom is 0.344 e. The zero-order valence-electron chi connectivity index (χ0n) is 13.6. The van der Waals surface area contributed by atoms with E-state index in [0.29, 0.717) is 16.9 Å². The summed E-state index contributed by atoms with van der Waals surface area (Å²) in [5.41, 5.74) is 3.14. The van der Waals surface area contributed by atoms with Gasteiger partial charge in [0.05, 0.1) is 16.8 Å². The van der Waals surface area contributed by atoms with Crippen molar-refractivity contribution in [2.45, 2.75) is 0 Å². The second kappa shape index (κ2) is 5.91. The fraction of sp³-hybridized carbons (Fsp3) is 0.0476. The number of hydrogen-bond donors (Lipinski definition) is 0. The van der Waals surface area contributed by atoms with Gasteiger partial charge in [-0.3, -0.25) is 4.79 Å². The number of ether oxygens (including phenoxy) is 1. The van der Waals surface area contributed by atoms with Gasteiger partial charge in [-0.1, -0.05) is 60.7 Å². The van der Waals surface area contributed by atoms with E-state index >= 15 is 0 Å². The molecule has 4 heteroatoms. The summed E-state index contributed by atoms with van der Waals surface area (Å²) in [6, 6.07) is 19.0. The molecule has 122 valence electrons. The molecule has 4 nitrogen and oxygen atoms in total. The SMILES string of the molecule is CN1C(=O)/C(=C2\C=C(c3ccccc3)OC2=O)C=C1c1ccccc1. The van der Waals surface area contributed by atoms with Crippen molar-refractivity contribution in [2.75, 3.05) is 7.05 Å². The van der Waals surface area contributed by atoms with Gasteiger partial charge in [0.1, 0.15) is 5.76 Å². The van der Waals surface area contributed by atoms with Gasteiger partial charge >= 0.3 is 5.97 Å². The maximum absolute atomic E-state index is 12.6. The second-order valence-corrected chi connectivity index (χ2v) is 5.85. The Morgan fingerprint density at radius 1 is 0.760 bits per heavy atom. The largest absolute Gasteiger partial charge is 0.422 e. The van der Waals surface area contributed by atoms with Crippen LogP contribution in [0.15, 0.2) is 84.0 Å². The first-order chi connectivity index (χ1) is 12.1. The average Bonchev–Trinajstić information content (AvgIpc) is 3.17. The van der Waals surface area contributed by atoms with E-state index < -0.39 is 5.97 Å². The van der Waals surface area contributed by atoms with Gasteiger partial charge in [0.25, 0.3) is 5.91 Å².